The lowest BCUT2D eigenvalue weighted by Crippen LogP contribution is -1.99. The molecule has 13 heterocycles. The summed E-state index contributed by atoms with van der Waals surface area (Å²) < 4.78 is 15.2. The highest BCUT2D eigenvalue weighted by molar-refractivity contribution is 7.28. The van der Waals surface area contributed by atoms with Gasteiger partial charge in [-0.25, -0.2) is 15.0 Å². The van der Waals surface area contributed by atoms with Crippen LogP contribution in [0.1, 0.15) is 0 Å². The molecule has 132 heavy (non-hydrogen) atoms. The fourth-order valence-corrected chi connectivity index (χ4v) is 23.9. The van der Waals surface area contributed by atoms with Crippen molar-refractivity contribution in [3.63, 3.8) is 0 Å². The molecule has 0 spiro atoms. The Bertz CT molecular complexity index is 8940. The first-order valence-electron chi connectivity index (χ1n) is 44.2. The first kappa shape index (κ1) is 76.4. The molecule has 0 radical (unpaired) electrons. The van der Waals surface area contributed by atoms with Crippen molar-refractivity contribution in [3.8, 4) is 96.0 Å². The van der Waals surface area contributed by atoms with Crippen LogP contribution in [0.15, 0.2) is 438 Å². The summed E-state index contributed by atoms with van der Waals surface area (Å²) in [6, 6.07) is 142. The number of aromatic nitrogens is 10. The molecule has 15 aromatic carbocycles. The second kappa shape index (κ2) is 31.6. The molecule has 13 aromatic heterocycles. The zero-order valence-electron chi connectivity index (χ0n) is 70.8. The van der Waals surface area contributed by atoms with Crippen LogP contribution < -0.4 is 0 Å². The van der Waals surface area contributed by atoms with Gasteiger partial charge >= 0.3 is 0 Å². The minimum Gasteiger partial charge on any atom is -0.308 e. The van der Waals surface area contributed by atoms with Crippen molar-refractivity contribution in [2.75, 3.05) is 0 Å². The fourth-order valence-electron chi connectivity index (χ4n) is 20.1. The Labute approximate surface area is 768 Å². The van der Waals surface area contributed by atoms with Crippen molar-refractivity contribution < 1.29 is 0 Å². The number of thiophene rings is 3. The van der Waals surface area contributed by atoms with Gasteiger partial charge in [-0.05, 0) is 177 Å². The maximum atomic E-state index is 5.10. The monoisotopic (exact) mass is 1740 g/mol. The summed E-state index contributed by atoms with van der Waals surface area (Å²) in [6.07, 6.45) is 11.0. The number of nitrogens with zero attached hydrogens (tertiary/aromatic N) is 10. The summed E-state index contributed by atoms with van der Waals surface area (Å²) in [7, 11) is 0. The third-order valence-electron chi connectivity index (χ3n) is 25.8. The molecule has 0 saturated heterocycles. The predicted molar refractivity (Wildman–Crippen MR) is 556 cm³/mol. The highest BCUT2D eigenvalue weighted by atomic mass is 32.1. The summed E-state index contributed by atoms with van der Waals surface area (Å²) in [5.74, 6) is 0. The molecule has 0 aliphatic rings. The Morgan fingerprint density at radius 2 is 0.477 bits per heavy atom. The number of rotatable bonds is 10. The summed E-state index contributed by atoms with van der Waals surface area (Å²) >= 11 is 5.65. The van der Waals surface area contributed by atoms with E-state index in [9.17, 15) is 0 Å². The van der Waals surface area contributed by atoms with Gasteiger partial charge in [0.2, 0.25) is 0 Å². The smallest absolute Gasteiger partial charge is 0.0915 e. The molecule has 10 nitrogen and oxygen atoms in total. The van der Waals surface area contributed by atoms with E-state index in [0.717, 1.165) is 102 Å². The van der Waals surface area contributed by atoms with E-state index in [0.29, 0.717) is 0 Å². The summed E-state index contributed by atoms with van der Waals surface area (Å²) in [5, 5.41) is 23.3. The van der Waals surface area contributed by atoms with Crippen LogP contribution in [0, 0.1) is 0 Å². The van der Waals surface area contributed by atoms with Gasteiger partial charge in [-0.2, -0.15) is 0 Å². The Hall–Kier alpha value is -16.8. The Morgan fingerprint density at radius 3 is 0.833 bits per heavy atom. The molecule has 0 atom stereocenters. The third kappa shape index (κ3) is 12.6. The van der Waals surface area contributed by atoms with Gasteiger partial charge in [0.1, 0.15) is 0 Å². The molecule has 0 bridgehead atoms. The van der Waals surface area contributed by atoms with Crippen molar-refractivity contribution in [1.29, 1.82) is 0 Å². The quantitative estimate of drug-likeness (QED) is 0.134. The van der Waals surface area contributed by atoms with Crippen LogP contribution in [0.2, 0.25) is 0 Å². The second-order valence-electron chi connectivity index (χ2n) is 33.3. The second-order valence-corrected chi connectivity index (χ2v) is 36.4. The molecular weight excluding hydrogens is 1670 g/mol. The average Bonchev–Trinajstić information content (AvgIpc) is 1.54. The van der Waals surface area contributed by atoms with Gasteiger partial charge < -0.3 is 13.7 Å². The number of hydrogen-bond acceptors (Lipinski definition) is 10. The van der Waals surface area contributed by atoms with Crippen LogP contribution in [0.3, 0.4) is 0 Å². The Balaban J connectivity index is 0.000000104. The van der Waals surface area contributed by atoms with Crippen molar-refractivity contribution in [2.45, 2.75) is 0 Å². The van der Waals surface area contributed by atoms with Gasteiger partial charge in [0, 0.05) is 144 Å². The zero-order valence-corrected chi connectivity index (χ0v) is 73.2. The highest BCUT2D eigenvalue weighted by Crippen LogP contribution is 2.53. The lowest BCUT2D eigenvalue weighted by Gasteiger charge is -2.14. The molecular formula is C119H72N10S3. The minimum absolute atomic E-state index is 0.813. The zero-order chi connectivity index (χ0) is 86.9. The summed E-state index contributed by atoms with van der Waals surface area (Å²) in [5.41, 5.74) is 24.0. The van der Waals surface area contributed by atoms with Gasteiger partial charge in [-0.1, -0.05) is 267 Å². The van der Waals surface area contributed by atoms with Crippen LogP contribution >= 0.6 is 34.0 Å². The van der Waals surface area contributed by atoms with E-state index < -0.39 is 0 Å². The number of hydrogen-bond donors (Lipinski definition) is 0. The van der Waals surface area contributed by atoms with Crippen LogP contribution in [-0.4, -0.2) is 48.6 Å². The largest absolute Gasteiger partial charge is 0.308 e. The first-order chi connectivity index (χ1) is 65.5. The molecule has 28 rings (SSSR count). The van der Waals surface area contributed by atoms with Crippen molar-refractivity contribution in [1.82, 2.24) is 48.6 Å². The standard InChI is InChI=1S/C45H28N2S.2C37H22N4S/c1-3-13-30(14-4-1)38-27-32(28-39(46-38)31-15-5-2-6-16-31)29-23-25-33(26-24-29)47-40-21-11-9-19-36(40)42-34-17-7-8-18-35(34)43-37-20-10-12-22-41(37)48-45(43)44(42)47;1-2-12-25-24(11-1)34-26-13-3-5-17-32(26)41(36(34)37-35(25)27-14-4-6-18-33(27)42-37)23-21-30(28-15-7-9-19-38-28)40-31(22-23)29-16-8-10-20-39-29;1-2-12-27-26(11-1)34-28-13-3-5-15-32(28)41(36(34)37-35(27)29-14-4-6-16-33(29)42-37)25-19-30(23-9-7-17-38-21-23)40-31(20-25)24-10-8-18-39-22-24/h1-28H;2*1-22H. The van der Waals surface area contributed by atoms with Crippen molar-refractivity contribution >= 4 is 192 Å². The van der Waals surface area contributed by atoms with Crippen LogP contribution in [0.4, 0.5) is 0 Å². The van der Waals surface area contributed by atoms with E-state index >= 15 is 0 Å². The lowest BCUT2D eigenvalue weighted by atomic mass is 9.99. The molecule has 0 unspecified atom stereocenters. The van der Waals surface area contributed by atoms with Crippen molar-refractivity contribution in [3.05, 3.63) is 438 Å². The SMILES string of the molecule is c1ccc(-c2cc(-c3ccc(-n4c5ccccc5c5c6ccccc6c6c7ccccc7sc6c54)cc3)cc(-c3ccccc3)n2)cc1.c1ccc(-c2cc(-n3c4ccccc4c4c5ccccc5c5c6ccccc6sc5c43)cc(-c3ccccn3)n2)nc1.c1cncc(-c2cc(-n3c4ccccc4c4c5ccccc5c5c6ccccc6sc5c43)cc(-c3cccnc3)n2)c1. The average molecular weight is 1740 g/mol. The molecule has 616 valence electrons. The van der Waals surface area contributed by atoms with Crippen LogP contribution in [0.25, 0.3) is 254 Å². The van der Waals surface area contributed by atoms with Crippen molar-refractivity contribution in [2.24, 2.45) is 0 Å². The Kier molecular flexibility index (Phi) is 18.3. The molecule has 0 saturated carbocycles. The van der Waals surface area contributed by atoms with Gasteiger partial charge in [-0.3, -0.25) is 19.9 Å². The predicted octanol–water partition coefficient (Wildman–Crippen LogP) is 32.3. The maximum absolute atomic E-state index is 5.10. The molecule has 0 aliphatic carbocycles. The van der Waals surface area contributed by atoms with E-state index in [1.54, 1.807) is 12.4 Å². The third-order valence-corrected chi connectivity index (χ3v) is 29.3. The number of para-hydroxylation sites is 3. The number of fused-ring (bicyclic) bond motifs is 30. The molecule has 13 heteroatoms. The number of benzene rings is 15. The fraction of sp³-hybridized carbons (Fsp3) is 0. The molecule has 0 fully saturated rings. The topological polar surface area (TPSA) is 105 Å². The van der Waals surface area contributed by atoms with E-state index in [1.807, 2.05) is 119 Å². The first-order valence-corrected chi connectivity index (χ1v) is 46.6. The Morgan fingerprint density at radius 1 is 0.182 bits per heavy atom. The molecule has 0 amide bonds. The van der Waals surface area contributed by atoms with Gasteiger partial charge in [0.15, 0.2) is 0 Å². The molecule has 0 N–H and O–H groups in total. The summed E-state index contributed by atoms with van der Waals surface area (Å²) in [4.78, 5) is 33.4. The maximum Gasteiger partial charge on any atom is 0.0915 e. The summed E-state index contributed by atoms with van der Waals surface area (Å²) in [6.45, 7) is 0. The van der Waals surface area contributed by atoms with E-state index in [1.165, 1.54) is 153 Å². The van der Waals surface area contributed by atoms with E-state index in [2.05, 4.69) is 373 Å². The van der Waals surface area contributed by atoms with Gasteiger partial charge in [0.05, 0.1) is 104 Å². The number of pyridine rings is 7. The van der Waals surface area contributed by atoms with E-state index in [-0.39, 0.29) is 0 Å². The normalized spacial score (nSPS) is 11.8. The lowest BCUT2D eigenvalue weighted by molar-refractivity contribution is 1.15. The molecule has 0 aliphatic heterocycles. The minimum atomic E-state index is 0.813. The van der Waals surface area contributed by atoms with E-state index in [4.69, 9.17) is 15.0 Å². The van der Waals surface area contributed by atoms with Gasteiger partial charge in [-0.15, -0.1) is 34.0 Å². The van der Waals surface area contributed by atoms with Crippen LogP contribution in [-0.2, 0) is 0 Å². The highest BCUT2D eigenvalue weighted by Gasteiger charge is 2.28. The van der Waals surface area contributed by atoms with Crippen LogP contribution in [0.5, 0.6) is 0 Å². The van der Waals surface area contributed by atoms with Gasteiger partial charge in [0.25, 0.3) is 0 Å². The molecule has 28 aromatic rings.